The van der Waals surface area contributed by atoms with Gasteiger partial charge in [0.15, 0.2) is 0 Å². The van der Waals surface area contributed by atoms with Crippen LogP contribution in [0.1, 0.15) is 68.5 Å². The van der Waals surface area contributed by atoms with E-state index < -0.39 is 0 Å². The summed E-state index contributed by atoms with van der Waals surface area (Å²) in [5.41, 5.74) is 14.7. The lowest BCUT2D eigenvalue weighted by Crippen LogP contribution is -2.11. The molecule has 6 rings (SSSR count). The maximum atomic E-state index is 8.00. The number of rotatable bonds is 1. The van der Waals surface area contributed by atoms with Gasteiger partial charge in [0.25, 0.3) is 0 Å². The van der Waals surface area contributed by atoms with Crippen molar-refractivity contribution in [2.75, 3.05) is 0 Å². The molecule has 0 saturated carbocycles. The number of hydrogen-bond donors (Lipinski definition) is 0. The zero-order valence-corrected chi connectivity index (χ0v) is 20.8. The Balaban J connectivity index is 0.000000179. The predicted octanol–water partition coefficient (Wildman–Crippen LogP) is 8.83. The largest absolute Gasteiger partial charge is 0.307 e. The molecule has 0 saturated heterocycles. The highest BCUT2D eigenvalue weighted by Crippen LogP contribution is 2.39. The summed E-state index contributed by atoms with van der Waals surface area (Å²) in [6.07, 6.45) is 3.33. The lowest BCUT2D eigenvalue weighted by atomic mass is 9.85. The minimum Gasteiger partial charge on any atom is -0.307 e. The molecule has 4 aromatic carbocycles. The Bertz CT molecular complexity index is 1310. The van der Waals surface area contributed by atoms with Gasteiger partial charge in [0.05, 0.1) is 0 Å². The smallest absolute Gasteiger partial charge is 0.106 e. The van der Waals surface area contributed by atoms with Crippen molar-refractivity contribution in [2.24, 2.45) is 0 Å². The van der Waals surface area contributed by atoms with E-state index in [9.17, 15) is 0 Å². The van der Waals surface area contributed by atoms with E-state index in [0.717, 1.165) is 19.3 Å². The highest BCUT2D eigenvalue weighted by atomic mass is 16.1. The molecule has 0 unspecified atom stereocenters. The van der Waals surface area contributed by atoms with E-state index >= 15 is 0 Å². The first kappa shape index (κ1) is 26.2. The Labute approximate surface area is 211 Å². The van der Waals surface area contributed by atoms with Gasteiger partial charge in [-0.3, -0.25) is 0 Å². The van der Waals surface area contributed by atoms with Gasteiger partial charge >= 0.3 is 0 Å². The zero-order chi connectivity index (χ0) is 24.3. The van der Waals surface area contributed by atoms with Crippen LogP contribution in [-0.2, 0) is 29.5 Å². The molecule has 2 aliphatic carbocycles. The van der Waals surface area contributed by atoms with E-state index in [1.807, 2.05) is 6.79 Å². The number of carbonyl (C=O) groups excluding carboxylic acids is 1. The molecule has 0 fully saturated rings. The molecule has 4 aromatic rings. The van der Waals surface area contributed by atoms with Crippen LogP contribution < -0.4 is 0 Å². The highest BCUT2D eigenvalue weighted by Gasteiger charge is 2.21. The van der Waals surface area contributed by atoms with Crippen molar-refractivity contribution in [3.05, 3.63) is 118 Å². The summed E-state index contributed by atoms with van der Waals surface area (Å²) in [6.45, 7) is 11.0. The Morgan fingerprint density at radius 1 is 0.629 bits per heavy atom. The van der Waals surface area contributed by atoms with Crippen LogP contribution in [0, 0.1) is 0 Å². The average Bonchev–Trinajstić information content (AvgIpc) is 3.42. The Kier molecular flexibility index (Phi) is 8.12. The molecule has 2 aliphatic rings. The lowest BCUT2D eigenvalue weighted by molar-refractivity contribution is -0.0979. The van der Waals surface area contributed by atoms with Crippen molar-refractivity contribution in [1.29, 1.82) is 0 Å². The molecule has 35 heavy (non-hydrogen) atoms. The number of aryl methyl sites for hydroxylation is 1. The molecule has 0 bridgehead atoms. The van der Waals surface area contributed by atoms with E-state index in [2.05, 4.69) is 113 Å². The number of benzene rings is 4. The van der Waals surface area contributed by atoms with Gasteiger partial charge < -0.3 is 4.79 Å². The fourth-order valence-corrected chi connectivity index (χ4v) is 5.03. The van der Waals surface area contributed by atoms with Crippen LogP contribution in [0.4, 0.5) is 0 Å². The topological polar surface area (TPSA) is 17.1 Å². The van der Waals surface area contributed by atoms with Gasteiger partial charge in [-0.15, -0.1) is 0 Å². The first-order valence-electron chi connectivity index (χ1n) is 12.1. The van der Waals surface area contributed by atoms with Crippen LogP contribution in [0.25, 0.3) is 22.3 Å². The monoisotopic (exact) mass is 462 g/mol. The van der Waals surface area contributed by atoms with Crippen molar-refractivity contribution < 1.29 is 4.79 Å². The summed E-state index contributed by atoms with van der Waals surface area (Å²) >= 11 is 0. The molecule has 0 amide bonds. The molecule has 0 radical (unpaired) electrons. The molecule has 180 valence electrons. The minimum atomic E-state index is 0. The number of fused-ring (bicyclic) bond motifs is 6. The molecule has 0 aromatic heterocycles. The maximum Gasteiger partial charge on any atom is 0.106 e. The van der Waals surface area contributed by atoms with Crippen LogP contribution in [0.5, 0.6) is 0 Å². The second-order valence-corrected chi connectivity index (χ2v) is 10.1. The lowest BCUT2D eigenvalue weighted by Gasteiger charge is -2.20. The summed E-state index contributed by atoms with van der Waals surface area (Å²) in [5, 5.41) is 0. The molecule has 0 spiro atoms. The molecular formula is C34H38O. The number of hydrogen-bond acceptors (Lipinski definition) is 1. The highest BCUT2D eigenvalue weighted by molar-refractivity contribution is 5.77. The first-order chi connectivity index (χ1) is 16.4. The molecule has 0 aliphatic heterocycles. The minimum absolute atomic E-state index is 0. The fraction of sp³-hybridized carbons (Fsp3) is 0.265. The van der Waals surface area contributed by atoms with Crippen LogP contribution in [0.15, 0.2) is 84.9 Å². The van der Waals surface area contributed by atoms with Crippen molar-refractivity contribution in [3.63, 3.8) is 0 Å². The van der Waals surface area contributed by atoms with Crippen molar-refractivity contribution in [1.82, 2.24) is 0 Å². The summed E-state index contributed by atoms with van der Waals surface area (Å²) in [5.74, 6) is 0. The van der Waals surface area contributed by atoms with Crippen molar-refractivity contribution >= 4 is 6.79 Å². The Morgan fingerprint density at radius 3 is 1.60 bits per heavy atom. The predicted molar refractivity (Wildman–Crippen MR) is 151 cm³/mol. The van der Waals surface area contributed by atoms with E-state index in [1.54, 1.807) is 0 Å². The Hall–Kier alpha value is -3.45. The third-order valence-corrected chi connectivity index (χ3v) is 6.93. The molecular weight excluding hydrogens is 424 g/mol. The third kappa shape index (κ3) is 5.30. The van der Waals surface area contributed by atoms with Gasteiger partial charge in [0.2, 0.25) is 0 Å². The average molecular weight is 463 g/mol. The maximum absolute atomic E-state index is 8.00. The summed E-state index contributed by atoms with van der Waals surface area (Å²) in [6, 6.07) is 31.3. The fourth-order valence-electron chi connectivity index (χ4n) is 5.03. The van der Waals surface area contributed by atoms with Gasteiger partial charge in [-0.05, 0) is 80.3 Å². The van der Waals surface area contributed by atoms with E-state index in [0.29, 0.717) is 0 Å². The second kappa shape index (κ2) is 10.9. The van der Waals surface area contributed by atoms with Gasteiger partial charge in [-0.1, -0.05) is 120 Å². The third-order valence-electron chi connectivity index (χ3n) is 6.93. The zero-order valence-electron chi connectivity index (χ0n) is 20.8. The Morgan fingerprint density at radius 2 is 1.09 bits per heavy atom. The second-order valence-electron chi connectivity index (χ2n) is 10.1. The quantitative estimate of drug-likeness (QED) is 0.238. The van der Waals surface area contributed by atoms with E-state index in [4.69, 9.17) is 4.79 Å². The summed E-state index contributed by atoms with van der Waals surface area (Å²) in [7, 11) is 0. The van der Waals surface area contributed by atoms with Gasteiger partial charge in [-0.2, -0.15) is 0 Å². The van der Waals surface area contributed by atoms with Gasteiger partial charge in [0, 0.05) is 0 Å². The van der Waals surface area contributed by atoms with Crippen molar-refractivity contribution in [3.8, 4) is 22.3 Å². The normalized spacial score (nSPS) is 11.9. The molecule has 1 heteroatoms. The van der Waals surface area contributed by atoms with Gasteiger partial charge in [-0.25, -0.2) is 0 Å². The summed E-state index contributed by atoms with van der Waals surface area (Å²) in [4.78, 5) is 8.00. The van der Waals surface area contributed by atoms with Crippen LogP contribution in [0.3, 0.4) is 0 Å². The number of carbonyl (C=O) groups is 1. The van der Waals surface area contributed by atoms with E-state index in [1.165, 1.54) is 55.6 Å². The van der Waals surface area contributed by atoms with Gasteiger partial charge in [0.1, 0.15) is 6.79 Å². The standard InChI is InChI=1S/C17H18.C15H14.CH2O.CH4/c1-17(2,3)14-8-9-16-13(11-14)10-12-6-4-5-7-15(12)16;1-2-11-7-8-15-13(9-11)10-12-5-3-4-6-14(12)15;1-2;/h4-9,11H,10H2,1-3H3;3-9H,2,10H2,1H3;1H2;1H4. The van der Waals surface area contributed by atoms with E-state index in [-0.39, 0.29) is 12.8 Å². The SMILES string of the molecule is C.C=O.CC(C)(C)c1ccc2c(c1)Cc1ccccc1-2.CCc1ccc2c(c1)Cc1ccccc1-2. The summed E-state index contributed by atoms with van der Waals surface area (Å²) < 4.78 is 0. The van der Waals surface area contributed by atoms with Crippen LogP contribution in [0.2, 0.25) is 0 Å². The molecule has 0 N–H and O–H groups in total. The molecule has 0 atom stereocenters. The van der Waals surface area contributed by atoms with Crippen LogP contribution >= 0.6 is 0 Å². The first-order valence-corrected chi connectivity index (χ1v) is 12.1. The van der Waals surface area contributed by atoms with Crippen molar-refractivity contribution in [2.45, 2.75) is 59.8 Å². The molecule has 0 heterocycles. The van der Waals surface area contributed by atoms with Crippen LogP contribution in [-0.4, -0.2) is 6.79 Å². The molecule has 1 nitrogen and oxygen atoms in total.